The van der Waals surface area contributed by atoms with Crippen molar-refractivity contribution in [3.8, 4) is 0 Å². The third-order valence-corrected chi connectivity index (χ3v) is 5.23. The third-order valence-electron chi connectivity index (χ3n) is 2.37. The summed E-state index contributed by atoms with van der Waals surface area (Å²) in [5, 5.41) is 0.110. The van der Waals surface area contributed by atoms with Crippen molar-refractivity contribution in [2.24, 2.45) is 0 Å². The van der Waals surface area contributed by atoms with E-state index in [1.807, 2.05) is 0 Å². The average molecular weight is 162 g/mol. The van der Waals surface area contributed by atoms with Crippen LogP contribution >= 0.6 is 11.5 Å². The summed E-state index contributed by atoms with van der Waals surface area (Å²) >= 11 is 5.59. The molecule has 0 aromatic carbocycles. The molecule has 2 heterocycles. The molecule has 5 heteroatoms. The Morgan fingerprint density at radius 3 is 2.00 bits per heavy atom. The molecule has 2 fully saturated rings. The lowest BCUT2D eigenvalue weighted by Crippen LogP contribution is -2.17. The van der Waals surface area contributed by atoms with Crippen LogP contribution in [-0.2, 0) is 9.31 Å². The van der Waals surface area contributed by atoms with Gasteiger partial charge in [0.2, 0.25) is 0 Å². The molecule has 2 nitrogen and oxygen atoms in total. The highest BCUT2D eigenvalue weighted by Crippen LogP contribution is 2.50. The zero-order valence-electron chi connectivity index (χ0n) is 5.48. The minimum Gasteiger partial charge on any atom is -0.393 e. The number of hydrogen-bond donors (Lipinski definition) is 0. The zero-order valence-corrected chi connectivity index (χ0v) is 7.65. The Balaban J connectivity index is 2.20. The van der Waals surface area contributed by atoms with E-state index in [-0.39, 0.29) is 20.0 Å². The van der Waals surface area contributed by atoms with Crippen LogP contribution in [0.2, 0.25) is 0 Å². The molecule has 0 N–H and O–H groups in total. The molecule has 0 radical (unpaired) electrons. The van der Waals surface area contributed by atoms with Crippen LogP contribution in [0.4, 0.5) is 0 Å². The molecule has 0 aromatic heterocycles. The molecule has 2 rings (SSSR count). The molecular formula is C4H8BClO2Si. The molecule has 2 saturated heterocycles. The average Bonchev–Trinajstić information content (AvgIpc) is 1.97. The van der Waals surface area contributed by atoms with Crippen molar-refractivity contribution in [2.45, 2.75) is 24.3 Å². The summed E-state index contributed by atoms with van der Waals surface area (Å²) in [5.41, 5.74) is 0. The largest absolute Gasteiger partial charge is 0.571 e. The van der Waals surface area contributed by atoms with Gasteiger partial charge in [-0.05, 0) is 13.8 Å². The van der Waals surface area contributed by atoms with Gasteiger partial charge in [-0.25, -0.2) is 0 Å². The first-order valence-corrected chi connectivity index (χ1v) is 4.91. The van der Waals surface area contributed by atoms with Crippen molar-refractivity contribution < 1.29 is 9.31 Å². The third kappa shape index (κ3) is 0.648. The van der Waals surface area contributed by atoms with Crippen molar-refractivity contribution >= 4 is 27.5 Å². The monoisotopic (exact) mass is 162 g/mol. The quantitative estimate of drug-likeness (QED) is 0.462. The molecule has 0 spiro atoms. The molecule has 0 bridgehead atoms. The van der Waals surface area contributed by atoms with Crippen LogP contribution < -0.4 is 0 Å². The van der Waals surface area contributed by atoms with Gasteiger partial charge in [0.25, 0.3) is 0 Å². The smallest absolute Gasteiger partial charge is 0.393 e. The van der Waals surface area contributed by atoms with Gasteiger partial charge in [0.1, 0.15) is 0 Å². The zero-order chi connectivity index (χ0) is 6.70. The second-order valence-electron chi connectivity index (χ2n) is 3.15. The van der Waals surface area contributed by atoms with E-state index in [9.17, 15) is 0 Å². The second-order valence-corrected chi connectivity index (χ2v) is 6.56. The molecule has 0 saturated carbocycles. The Labute approximate surface area is 61.7 Å². The van der Waals surface area contributed by atoms with Gasteiger partial charge in [-0.2, -0.15) is 0 Å². The molecule has 0 aromatic rings. The van der Waals surface area contributed by atoms with Crippen LogP contribution in [0.15, 0.2) is 0 Å². The Kier molecular flexibility index (Phi) is 0.963. The van der Waals surface area contributed by atoms with Crippen LogP contribution in [0.1, 0.15) is 13.8 Å². The van der Waals surface area contributed by atoms with Gasteiger partial charge in [0, 0.05) is 0 Å². The SMILES string of the molecule is C[C@@]12OB(Cl)O[C@]1(C)[SiH2]2. The Morgan fingerprint density at radius 1 is 1.33 bits per heavy atom. The van der Waals surface area contributed by atoms with E-state index in [1.165, 1.54) is 0 Å². The predicted molar refractivity (Wildman–Crippen MR) is 39.1 cm³/mol. The second kappa shape index (κ2) is 1.39. The number of hydrogen-bond acceptors (Lipinski definition) is 2. The molecule has 9 heavy (non-hydrogen) atoms. The highest BCUT2D eigenvalue weighted by Gasteiger charge is 2.71. The fourth-order valence-corrected chi connectivity index (χ4v) is 3.80. The van der Waals surface area contributed by atoms with Crippen LogP contribution in [0.3, 0.4) is 0 Å². The van der Waals surface area contributed by atoms with Gasteiger partial charge in [-0.1, -0.05) is 0 Å². The topological polar surface area (TPSA) is 18.5 Å². The predicted octanol–water partition coefficient (Wildman–Crippen LogP) is -0.128. The van der Waals surface area contributed by atoms with Gasteiger partial charge in [-0.15, -0.1) is 11.5 Å². The molecule has 0 aliphatic carbocycles. The summed E-state index contributed by atoms with van der Waals surface area (Å²) < 4.78 is 10.7. The Hall–Kier alpha value is 0.492. The Bertz CT molecular complexity index is 153. The molecule has 0 unspecified atom stereocenters. The molecular weight excluding hydrogens is 154 g/mol. The first-order chi connectivity index (χ1) is 4.06. The summed E-state index contributed by atoms with van der Waals surface area (Å²) in [5.74, 6) is 0. The van der Waals surface area contributed by atoms with E-state index in [0.717, 1.165) is 0 Å². The minimum atomic E-state index is -0.485. The van der Waals surface area contributed by atoms with Crippen molar-refractivity contribution in [1.82, 2.24) is 0 Å². The standard InChI is InChI=1S/C4H8BClO2Si/c1-3-4(2,9-3)8-5(6)7-3/h9H2,1-2H3/t3-,4+. The minimum absolute atomic E-state index is 0.0550. The van der Waals surface area contributed by atoms with Crippen LogP contribution in [0.25, 0.3) is 0 Å². The molecule has 2 atom stereocenters. The summed E-state index contributed by atoms with van der Waals surface area (Å²) in [6.07, 6.45) is 0. The summed E-state index contributed by atoms with van der Waals surface area (Å²) in [6.45, 7) is 3.68. The van der Waals surface area contributed by atoms with Crippen molar-refractivity contribution in [3.05, 3.63) is 0 Å². The molecule has 2 aliphatic heterocycles. The van der Waals surface area contributed by atoms with E-state index in [4.69, 9.17) is 20.8 Å². The Morgan fingerprint density at radius 2 is 1.78 bits per heavy atom. The van der Waals surface area contributed by atoms with Gasteiger partial charge in [-0.3, -0.25) is 0 Å². The van der Waals surface area contributed by atoms with Crippen molar-refractivity contribution in [2.75, 3.05) is 0 Å². The fourth-order valence-electron chi connectivity index (χ4n) is 1.37. The van der Waals surface area contributed by atoms with Crippen molar-refractivity contribution in [3.63, 3.8) is 0 Å². The summed E-state index contributed by atoms with van der Waals surface area (Å²) in [7, 11) is -0.162. The number of fused-ring (bicyclic) bond motifs is 1. The normalized spacial score (nSPS) is 58.3. The lowest BCUT2D eigenvalue weighted by molar-refractivity contribution is 0.187. The van der Waals surface area contributed by atoms with E-state index in [2.05, 4.69) is 13.8 Å². The number of rotatable bonds is 0. The highest BCUT2D eigenvalue weighted by molar-refractivity contribution is 7.01. The maximum absolute atomic E-state index is 5.59. The lowest BCUT2D eigenvalue weighted by Gasteiger charge is -2.04. The summed E-state index contributed by atoms with van der Waals surface area (Å²) in [4.78, 5) is 0. The van der Waals surface area contributed by atoms with Gasteiger partial charge in [0.05, 0.1) is 20.0 Å². The first-order valence-electron chi connectivity index (χ1n) is 3.05. The highest BCUT2D eigenvalue weighted by atomic mass is 35.5. The maximum Gasteiger partial charge on any atom is 0.571 e. The fraction of sp³-hybridized carbons (Fsp3) is 1.00. The van der Waals surface area contributed by atoms with Gasteiger partial charge >= 0.3 is 6.53 Å². The number of halogens is 1. The van der Waals surface area contributed by atoms with E-state index in [1.54, 1.807) is 0 Å². The van der Waals surface area contributed by atoms with Crippen LogP contribution in [0.5, 0.6) is 0 Å². The van der Waals surface area contributed by atoms with E-state index < -0.39 is 6.53 Å². The molecule has 2 aliphatic rings. The van der Waals surface area contributed by atoms with E-state index in [0.29, 0.717) is 0 Å². The van der Waals surface area contributed by atoms with Gasteiger partial charge < -0.3 is 9.31 Å². The first kappa shape index (κ1) is 6.22. The lowest BCUT2D eigenvalue weighted by atomic mass is 10.3. The summed E-state index contributed by atoms with van der Waals surface area (Å²) in [6, 6.07) is 0. The van der Waals surface area contributed by atoms with Crippen molar-refractivity contribution in [1.29, 1.82) is 0 Å². The van der Waals surface area contributed by atoms with Gasteiger partial charge in [0.15, 0.2) is 0 Å². The van der Waals surface area contributed by atoms with E-state index >= 15 is 0 Å². The maximum atomic E-state index is 5.59. The molecule has 50 valence electrons. The van der Waals surface area contributed by atoms with Crippen LogP contribution in [-0.4, -0.2) is 26.5 Å². The molecule has 0 amide bonds. The van der Waals surface area contributed by atoms with Crippen LogP contribution in [0, 0.1) is 0 Å².